The average molecular weight is 635 g/mol. The van der Waals surface area contributed by atoms with E-state index in [-0.39, 0.29) is 5.69 Å². The Hall–Kier alpha value is -6.53. The quantitative estimate of drug-likeness (QED) is 0.189. The standard InChI is InChI=1S/C43H30N4O2/c1-46-37-23-22-30(25-38(37)47(2)43(46)48)27-18-20-28(21-19-27)35-26-36(45-42(44-35)29-10-4-3-5-11-29)32-13-8-12-31(24-32)33-15-9-17-40-41(33)34-14-6-7-16-39(34)49-40/h3-26H,1-2H3. The molecule has 9 aromatic rings. The average Bonchev–Trinajstić information content (AvgIpc) is 3.65. The highest BCUT2D eigenvalue weighted by Gasteiger charge is 2.15. The molecule has 3 heterocycles. The number of aryl methyl sites for hydroxylation is 2. The molecule has 0 N–H and O–H groups in total. The molecule has 6 aromatic carbocycles. The number of nitrogens with zero attached hydrogens (tertiary/aromatic N) is 4. The third-order valence-electron chi connectivity index (χ3n) is 9.42. The van der Waals surface area contributed by atoms with Crippen molar-refractivity contribution in [1.82, 2.24) is 19.1 Å². The number of fused-ring (bicyclic) bond motifs is 4. The second-order valence-electron chi connectivity index (χ2n) is 12.4. The number of imidazole rings is 1. The molecule has 9 rings (SSSR count). The highest BCUT2D eigenvalue weighted by atomic mass is 16.3. The van der Waals surface area contributed by atoms with E-state index in [1.807, 2.05) is 67.7 Å². The fraction of sp³-hybridized carbons (Fsp3) is 0.0465. The van der Waals surface area contributed by atoms with Crippen LogP contribution in [0.2, 0.25) is 0 Å². The zero-order chi connectivity index (χ0) is 33.1. The number of hydrogen-bond donors (Lipinski definition) is 0. The van der Waals surface area contributed by atoms with Crippen LogP contribution in [0.25, 0.3) is 89.1 Å². The summed E-state index contributed by atoms with van der Waals surface area (Å²) >= 11 is 0. The molecule has 0 saturated carbocycles. The minimum Gasteiger partial charge on any atom is -0.456 e. The first-order valence-corrected chi connectivity index (χ1v) is 16.2. The van der Waals surface area contributed by atoms with Gasteiger partial charge in [-0.2, -0.15) is 0 Å². The summed E-state index contributed by atoms with van der Waals surface area (Å²) in [5.41, 5.74) is 12.5. The molecule has 49 heavy (non-hydrogen) atoms. The molecule has 0 aliphatic heterocycles. The van der Waals surface area contributed by atoms with E-state index >= 15 is 0 Å². The van der Waals surface area contributed by atoms with Crippen molar-refractivity contribution in [2.45, 2.75) is 0 Å². The van der Waals surface area contributed by atoms with E-state index in [9.17, 15) is 4.79 Å². The largest absolute Gasteiger partial charge is 0.456 e. The summed E-state index contributed by atoms with van der Waals surface area (Å²) in [5, 5.41) is 2.21. The van der Waals surface area contributed by atoms with E-state index in [0.29, 0.717) is 5.82 Å². The predicted molar refractivity (Wildman–Crippen MR) is 198 cm³/mol. The SMILES string of the molecule is Cn1c(=O)n(C)c2cc(-c3ccc(-c4cc(-c5cccc(-c6cccc7oc8ccccc8c67)c5)nc(-c5ccccc5)n4)cc3)ccc21. The van der Waals surface area contributed by atoms with E-state index in [1.165, 1.54) is 0 Å². The molecule has 0 fully saturated rings. The number of aromatic nitrogens is 4. The van der Waals surface area contributed by atoms with Gasteiger partial charge in [0.1, 0.15) is 11.2 Å². The zero-order valence-corrected chi connectivity index (χ0v) is 27.0. The maximum absolute atomic E-state index is 12.5. The Morgan fingerprint density at radius 3 is 1.96 bits per heavy atom. The second-order valence-corrected chi connectivity index (χ2v) is 12.4. The number of furan rings is 1. The lowest BCUT2D eigenvalue weighted by atomic mass is 9.96. The molecule has 0 aliphatic carbocycles. The predicted octanol–water partition coefficient (Wildman–Crippen LogP) is 9.90. The van der Waals surface area contributed by atoms with Gasteiger partial charge in [0.15, 0.2) is 5.82 Å². The van der Waals surface area contributed by atoms with E-state index in [4.69, 9.17) is 14.4 Å². The van der Waals surface area contributed by atoms with Crippen LogP contribution in [0.15, 0.2) is 155 Å². The lowest BCUT2D eigenvalue weighted by molar-refractivity contribution is 0.669. The maximum atomic E-state index is 12.5. The normalized spacial score (nSPS) is 11.6. The first-order valence-electron chi connectivity index (χ1n) is 16.2. The van der Waals surface area contributed by atoms with Crippen molar-refractivity contribution in [1.29, 1.82) is 0 Å². The van der Waals surface area contributed by atoms with Crippen molar-refractivity contribution in [3.63, 3.8) is 0 Å². The van der Waals surface area contributed by atoms with Crippen molar-refractivity contribution >= 4 is 33.0 Å². The third-order valence-corrected chi connectivity index (χ3v) is 9.42. The molecule has 0 saturated heterocycles. The fourth-order valence-corrected chi connectivity index (χ4v) is 6.84. The summed E-state index contributed by atoms with van der Waals surface area (Å²) in [6.45, 7) is 0. The van der Waals surface area contributed by atoms with Crippen LogP contribution in [0, 0.1) is 0 Å². The lowest BCUT2D eigenvalue weighted by Gasteiger charge is -2.11. The van der Waals surface area contributed by atoms with Gasteiger partial charge in [0.05, 0.1) is 22.4 Å². The van der Waals surface area contributed by atoms with Crippen LogP contribution in [0.5, 0.6) is 0 Å². The molecular weight excluding hydrogens is 604 g/mol. The van der Waals surface area contributed by atoms with Gasteiger partial charge in [-0.25, -0.2) is 14.8 Å². The monoisotopic (exact) mass is 634 g/mol. The summed E-state index contributed by atoms with van der Waals surface area (Å²) in [6, 6.07) is 49.7. The molecule has 0 unspecified atom stereocenters. The summed E-state index contributed by atoms with van der Waals surface area (Å²) in [4.78, 5) is 22.6. The molecule has 3 aromatic heterocycles. The Morgan fingerprint density at radius 1 is 0.490 bits per heavy atom. The van der Waals surface area contributed by atoms with Crippen molar-refractivity contribution in [2.24, 2.45) is 14.1 Å². The molecule has 6 nitrogen and oxygen atoms in total. The van der Waals surface area contributed by atoms with Gasteiger partial charge in [0, 0.05) is 41.6 Å². The Bertz CT molecular complexity index is 2750. The van der Waals surface area contributed by atoms with Gasteiger partial charge in [-0.3, -0.25) is 9.13 Å². The van der Waals surface area contributed by atoms with Crippen LogP contribution >= 0.6 is 0 Å². The van der Waals surface area contributed by atoms with E-state index < -0.39 is 0 Å². The number of benzene rings is 6. The molecule has 6 heteroatoms. The molecule has 0 atom stereocenters. The zero-order valence-electron chi connectivity index (χ0n) is 27.0. The van der Waals surface area contributed by atoms with Crippen LogP contribution in [0.1, 0.15) is 0 Å². The molecule has 234 valence electrons. The lowest BCUT2D eigenvalue weighted by Crippen LogP contribution is -2.19. The van der Waals surface area contributed by atoms with Crippen molar-refractivity contribution < 1.29 is 4.42 Å². The number of para-hydroxylation sites is 1. The fourth-order valence-electron chi connectivity index (χ4n) is 6.84. The Kier molecular flexibility index (Phi) is 6.62. The van der Waals surface area contributed by atoms with Gasteiger partial charge >= 0.3 is 5.69 Å². The minimum atomic E-state index is -0.0335. The van der Waals surface area contributed by atoms with Crippen LogP contribution in [0.3, 0.4) is 0 Å². The van der Waals surface area contributed by atoms with Crippen LogP contribution in [-0.2, 0) is 14.1 Å². The van der Waals surface area contributed by atoms with E-state index in [2.05, 4.69) is 84.9 Å². The maximum Gasteiger partial charge on any atom is 0.328 e. The van der Waals surface area contributed by atoms with Crippen LogP contribution in [0.4, 0.5) is 0 Å². The van der Waals surface area contributed by atoms with Gasteiger partial charge in [0.25, 0.3) is 0 Å². The topological polar surface area (TPSA) is 65.8 Å². The molecule has 0 spiro atoms. The first-order chi connectivity index (χ1) is 24.0. The molecule has 0 amide bonds. The van der Waals surface area contributed by atoms with Gasteiger partial charge in [-0.05, 0) is 58.7 Å². The third kappa shape index (κ3) is 4.85. The highest BCUT2D eigenvalue weighted by Crippen LogP contribution is 2.38. The number of hydrogen-bond acceptors (Lipinski definition) is 4. The Balaban J connectivity index is 1.14. The highest BCUT2D eigenvalue weighted by molar-refractivity contribution is 6.12. The van der Waals surface area contributed by atoms with Crippen molar-refractivity contribution in [3.8, 4) is 56.2 Å². The summed E-state index contributed by atoms with van der Waals surface area (Å²) in [5.74, 6) is 0.668. The van der Waals surface area contributed by atoms with E-state index in [1.54, 1.807) is 16.2 Å². The first kappa shape index (κ1) is 28.7. The van der Waals surface area contributed by atoms with Crippen molar-refractivity contribution in [3.05, 3.63) is 156 Å². The molecular formula is C43H30N4O2. The molecule has 0 aliphatic rings. The second kappa shape index (κ2) is 11.3. The summed E-state index contributed by atoms with van der Waals surface area (Å²) in [7, 11) is 3.61. The van der Waals surface area contributed by atoms with Gasteiger partial charge in [-0.15, -0.1) is 0 Å². The Morgan fingerprint density at radius 2 is 1.12 bits per heavy atom. The molecule has 0 bridgehead atoms. The summed E-state index contributed by atoms with van der Waals surface area (Å²) < 4.78 is 9.55. The van der Waals surface area contributed by atoms with Crippen molar-refractivity contribution in [2.75, 3.05) is 0 Å². The van der Waals surface area contributed by atoms with Gasteiger partial charge in [0.2, 0.25) is 0 Å². The summed E-state index contributed by atoms with van der Waals surface area (Å²) in [6.07, 6.45) is 0. The van der Waals surface area contributed by atoms with Gasteiger partial charge < -0.3 is 4.42 Å². The smallest absolute Gasteiger partial charge is 0.328 e. The Labute approximate surface area is 282 Å². The number of rotatable bonds is 5. The van der Waals surface area contributed by atoms with E-state index in [0.717, 1.165) is 83.3 Å². The van der Waals surface area contributed by atoms with Crippen LogP contribution in [-0.4, -0.2) is 19.1 Å². The van der Waals surface area contributed by atoms with Crippen LogP contribution < -0.4 is 5.69 Å². The molecule has 0 radical (unpaired) electrons. The minimum absolute atomic E-state index is 0.0335. The van der Waals surface area contributed by atoms with Gasteiger partial charge in [-0.1, -0.05) is 109 Å².